The molecule has 2 rings (SSSR count). The Labute approximate surface area is 134 Å². The molecule has 1 unspecified atom stereocenters. The molecule has 1 aromatic heterocycles. The number of rotatable bonds is 6. The highest BCUT2D eigenvalue weighted by molar-refractivity contribution is 7.87. The lowest BCUT2D eigenvalue weighted by Crippen LogP contribution is -2.13. The van der Waals surface area contributed by atoms with Crippen LogP contribution in [0.4, 0.5) is 11.4 Å². The van der Waals surface area contributed by atoms with Crippen LogP contribution in [0.25, 0.3) is 0 Å². The summed E-state index contributed by atoms with van der Waals surface area (Å²) in [4.78, 5) is 11.8. The molecule has 21 heavy (non-hydrogen) atoms. The highest BCUT2D eigenvalue weighted by atomic mass is 35.5. The molecular formula is C14H15ClN2O2S2. The van der Waals surface area contributed by atoms with Crippen LogP contribution < -0.4 is 11.1 Å². The van der Waals surface area contributed by atoms with Crippen LogP contribution in [0.3, 0.4) is 0 Å². The first-order valence-electron chi connectivity index (χ1n) is 6.33. The van der Waals surface area contributed by atoms with Gasteiger partial charge in [0.1, 0.15) is 0 Å². The molecule has 112 valence electrons. The molecule has 0 bridgehead atoms. The summed E-state index contributed by atoms with van der Waals surface area (Å²) in [5, 5.41) is 5.02. The van der Waals surface area contributed by atoms with Gasteiger partial charge in [-0.15, -0.1) is 11.3 Å². The average molecular weight is 343 g/mol. The quantitative estimate of drug-likeness (QED) is 0.789. The highest BCUT2D eigenvalue weighted by Gasteiger charge is 2.09. The van der Waals surface area contributed by atoms with Gasteiger partial charge in [-0.1, -0.05) is 17.7 Å². The third kappa shape index (κ3) is 4.84. The van der Waals surface area contributed by atoms with Crippen LogP contribution >= 0.6 is 22.9 Å². The number of hydrogen-bond acceptors (Lipinski definition) is 4. The van der Waals surface area contributed by atoms with Gasteiger partial charge in [0.25, 0.3) is 0 Å². The molecule has 1 amide bonds. The van der Waals surface area contributed by atoms with Crippen molar-refractivity contribution in [3.05, 3.63) is 40.7 Å². The monoisotopic (exact) mass is 342 g/mol. The molecule has 0 radical (unpaired) electrons. The fourth-order valence-electron chi connectivity index (χ4n) is 1.70. The van der Waals surface area contributed by atoms with Crippen molar-refractivity contribution in [2.75, 3.05) is 16.8 Å². The number of benzene rings is 1. The molecule has 0 aliphatic rings. The van der Waals surface area contributed by atoms with Crippen LogP contribution in [0.5, 0.6) is 0 Å². The van der Waals surface area contributed by atoms with E-state index in [1.807, 2.05) is 17.5 Å². The van der Waals surface area contributed by atoms with Gasteiger partial charge in [0.05, 0.1) is 25.7 Å². The minimum atomic E-state index is -1.03. The molecule has 1 aromatic carbocycles. The molecule has 4 nitrogen and oxygen atoms in total. The fraction of sp³-hybridized carbons (Fsp3) is 0.214. The molecule has 0 spiro atoms. The zero-order valence-electron chi connectivity index (χ0n) is 11.2. The topological polar surface area (TPSA) is 72.2 Å². The molecule has 3 N–H and O–H groups in total. The van der Waals surface area contributed by atoms with E-state index in [0.29, 0.717) is 35.0 Å². The summed E-state index contributed by atoms with van der Waals surface area (Å²) in [7, 11) is -1.03. The van der Waals surface area contributed by atoms with Gasteiger partial charge in [-0.2, -0.15) is 0 Å². The van der Waals surface area contributed by atoms with Crippen molar-refractivity contribution in [2.45, 2.75) is 17.1 Å². The van der Waals surface area contributed by atoms with Crippen LogP contribution in [0.15, 0.2) is 39.9 Å². The summed E-state index contributed by atoms with van der Waals surface area (Å²) in [6.07, 6.45) is 0.862. The Morgan fingerprint density at radius 1 is 1.38 bits per heavy atom. The Hall–Kier alpha value is -1.37. The van der Waals surface area contributed by atoms with Gasteiger partial charge < -0.3 is 11.1 Å². The van der Waals surface area contributed by atoms with Crippen molar-refractivity contribution in [3.63, 3.8) is 0 Å². The predicted octanol–water partition coefficient (Wildman–Crippen LogP) is 3.51. The maximum absolute atomic E-state index is 11.9. The molecule has 0 saturated heterocycles. The summed E-state index contributed by atoms with van der Waals surface area (Å²) in [6, 6.07) is 8.64. The number of halogens is 1. The Bertz CT molecular complexity index is 644. The van der Waals surface area contributed by atoms with Crippen molar-refractivity contribution in [1.82, 2.24) is 0 Å². The lowest BCUT2D eigenvalue weighted by molar-refractivity contribution is -0.116. The Morgan fingerprint density at radius 3 is 2.86 bits per heavy atom. The zero-order valence-corrected chi connectivity index (χ0v) is 13.6. The van der Waals surface area contributed by atoms with Gasteiger partial charge in [0, 0.05) is 17.9 Å². The standard InChI is InChI=1S/C14H15ClN2O2S2/c15-11-9-10(16)5-6-12(11)17-13(18)3-2-8-21(19)14-4-1-7-20-14/h1,4-7,9H,2-3,8,16H2,(H,17,18). The first-order chi connectivity index (χ1) is 10.1. The summed E-state index contributed by atoms with van der Waals surface area (Å²) in [5.41, 5.74) is 6.67. The molecular weight excluding hydrogens is 328 g/mol. The molecule has 7 heteroatoms. The molecule has 0 aliphatic carbocycles. The summed E-state index contributed by atoms with van der Waals surface area (Å²) >= 11 is 7.45. The van der Waals surface area contributed by atoms with E-state index >= 15 is 0 Å². The van der Waals surface area contributed by atoms with E-state index in [1.54, 1.807) is 18.2 Å². The van der Waals surface area contributed by atoms with Gasteiger partial charge in [0.2, 0.25) is 5.91 Å². The smallest absolute Gasteiger partial charge is 0.224 e. The van der Waals surface area contributed by atoms with E-state index in [0.717, 1.165) is 4.21 Å². The normalized spacial score (nSPS) is 12.0. The number of anilines is 2. The van der Waals surface area contributed by atoms with Crippen LogP contribution in [0, 0.1) is 0 Å². The maximum Gasteiger partial charge on any atom is 0.224 e. The molecule has 0 aliphatic heterocycles. The number of nitrogens with one attached hydrogen (secondary N) is 1. The van der Waals surface area contributed by atoms with E-state index in [2.05, 4.69) is 5.32 Å². The predicted molar refractivity (Wildman–Crippen MR) is 89.3 cm³/mol. The molecule has 2 aromatic rings. The number of thiophene rings is 1. The number of amides is 1. The van der Waals surface area contributed by atoms with Crippen LogP contribution in [-0.2, 0) is 15.6 Å². The van der Waals surface area contributed by atoms with Crippen molar-refractivity contribution >= 4 is 51.0 Å². The van der Waals surface area contributed by atoms with E-state index in [9.17, 15) is 9.00 Å². The Kier molecular flexibility index (Phi) is 5.78. The first-order valence-corrected chi connectivity index (χ1v) is 8.90. The first kappa shape index (κ1) is 16.0. The van der Waals surface area contributed by atoms with E-state index in [4.69, 9.17) is 17.3 Å². The third-order valence-corrected chi connectivity index (χ3v) is 5.79. The second-order valence-electron chi connectivity index (χ2n) is 4.37. The number of nitrogens with two attached hydrogens (primary N) is 1. The van der Waals surface area contributed by atoms with Crippen molar-refractivity contribution in [2.24, 2.45) is 0 Å². The Morgan fingerprint density at radius 2 is 2.19 bits per heavy atom. The number of nitrogen functional groups attached to an aromatic ring is 1. The fourth-order valence-corrected chi connectivity index (χ4v) is 4.07. The summed E-state index contributed by atoms with van der Waals surface area (Å²) in [6.45, 7) is 0. The lowest BCUT2D eigenvalue weighted by Gasteiger charge is -2.07. The van der Waals surface area contributed by atoms with Gasteiger partial charge >= 0.3 is 0 Å². The molecule has 0 fully saturated rings. The zero-order chi connectivity index (χ0) is 15.2. The van der Waals surface area contributed by atoms with Gasteiger partial charge in [0.15, 0.2) is 0 Å². The van der Waals surface area contributed by atoms with E-state index < -0.39 is 10.8 Å². The third-order valence-electron chi connectivity index (χ3n) is 2.72. The lowest BCUT2D eigenvalue weighted by atomic mass is 10.2. The number of hydrogen-bond donors (Lipinski definition) is 2. The largest absolute Gasteiger partial charge is 0.399 e. The number of carbonyl (C=O) groups excluding carboxylic acids is 1. The Balaban J connectivity index is 1.78. The van der Waals surface area contributed by atoms with Crippen molar-refractivity contribution in [3.8, 4) is 0 Å². The van der Waals surface area contributed by atoms with Crippen molar-refractivity contribution in [1.29, 1.82) is 0 Å². The van der Waals surface area contributed by atoms with Crippen LogP contribution in [-0.4, -0.2) is 15.9 Å². The molecule has 1 atom stereocenters. The second kappa shape index (κ2) is 7.59. The van der Waals surface area contributed by atoms with Gasteiger partial charge in [-0.25, -0.2) is 0 Å². The van der Waals surface area contributed by atoms with E-state index in [-0.39, 0.29) is 5.91 Å². The van der Waals surface area contributed by atoms with E-state index in [1.165, 1.54) is 11.3 Å². The molecule has 1 heterocycles. The van der Waals surface area contributed by atoms with Crippen LogP contribution in [0.1, 0.15) is 12.8 Å². The minimum Gasteiger partial charge on any atom is -0.399 e. The summed E-state index contributed by atoms with van der Waals surface area (Å²) < 4.78 is 12.7. The maximum atomic E-state index is 11.9. The second-order valence-corrected chi connectivity index (χ2v) is 7.53. The number of carbonyl (C=O) groups is 1. The average Bonchev–Trinajstić information content (AvgIpc) is 2.96. The van der Waals surface area contributed by atoms with Crippen molar-refractivity contribution < 1.29 is 9.00 Å². The summed E-state index contributed by atoms with van der Waals surface area (Å²) in [5.74, 6) is 0.327. The van der Waals surface area contributed by atoms with Crippen LogP contribution in [0.2, 0.25) is 5.02 Å². The SMILES string of the molecule is Nc1ccc(NC(=O)CCCS(=O)c2cccs2)c(Cl)c1. The van der Waals surface area contributed by atoms with Gasteiger partial charge in [-0.05, 0) is 36.1 Å². The highest BCUT2D eigenvalue weighted by Crippen LogP contribution is 2.24. The molecule has 0 saturated carbocycles. The van der Waals surface area contributed by atoms with Gasteiger partial charge in [-0.3, -0.25) is 9.00 Å². The minimum absolute atomic E-state index is 0.148.